The molecule has 1 N–H and O–H groups in total. The number of hydrogen-bond acceptors (Lipinski definition) is 6. The number of ether oxygens (including phenoxy) is 1. The zero-order chi connectivity index (χ0) is 22.0. The molecule has 2 aliphatic rings. The first-order valence-electron chi connectivity index (χ1n) is 10.7. The van der Waals surface area contributed by atoms with E-state index in [9.17, 15) is 4.79 Å². The standard InChI is InChI=1S/C22H29ClN6O2/c1-15(2)27(3)20-18-14-29(22(30)24-17-6-4-5-16(23)13-17)8-7-19(18)25-21(26-20)28-9-11-31-12-10-28/h4-6,13,15H,7-12,14H2,1-3H3,(H,24,30). The molecule has 0 bridgehead atoms. The Labute approximate surface area is 188 Å². The number of nitrogens with one attached hydrogen (secondary N) is 1. The number of carbonyl (C=O) groups excluding carboxylic acids is 1. The highest BCUT2D eigenvalue weighted by molar-refractivity contribution is 6.30. The third kappa shape index (κ3) is 4.85. The third-order valence-electron chi connectivity index (χ3n) is 5.79. The van der Waals surface area contributed by atoms with E-state index in [4.69, 9.17) is 26.3 Å². The number of fused-ring (bicyclic) bond motifs is 1. The molecule has 0 atom stereocenters. The molecule has 1 aromatic carbocycles. The lowest BCUT2D eigenvalue weighted by Gasteiger charge is -2.35. The van der Waals surface area contributed by atoms with Gasteiger partial charge in [-0.3, -0.25) is 0 Å². The lowest BCUT2D eigenvalue weighted by atomic mass is 10.1. The predicted octanol–water partition coefficient (Wildman–Crippen LogP) is 3.40. The number of benzene rings is 1. The molecule has 0 unspecified atom stereocenters. The average molecular weight is 445 g/mol. The van der Waals surface area contributed by atoms with Gasteiger partial charge in [-0.1, -0.05) is 17.7 Å². The molecular formula is C22H29ClN6O2. The van der Waals surface area contributed by atoms with Gasteiger partial charge >= 0.3 is 6.03 Å². The van der Waals surface area contributed by atoms with Gasteiger partial charge in [0.05, 0.1) is 25.5 Å². The van der Waals surface area contributed by atoms with Gasteiger partial charge in [0.25, 0.3) is 0 Å². The molecule has 2 aliphatic heterocycles. The summed E-state index contributed by atoms with van der Waals surface area (Å²) >= 11 is 6.05. The number of halogens is 1. The molecule has 4 rings (SSSR count). The van der Waals surface area contributed by atoms with Crippen molar-refractivity contribution in [2.45, 2.75) is 32.9 Å². The minimum Gasteiger partial charge on any atom is -0.378 e. The van der Waals surface area contributed by atoms with Crippen molar-refractivity contribution in [2.75, 3.05) is 55.0 Å². The number of anilines is 3. The number of urea groups is 1. The summed E-state index contributed by atoms with van der Waals surface area (Å²) in [6.07, 6.45) is 0.692. The van der Waals surface area contributed by atoms with Gasteiger partial charge in [-0.2, -0.15) is 4.98 Å². The Kier molecular flexibility index (Phi) is 6.48. The smallest absolute Gasteiger partial charge is 0.322 e. The molecule has 8 nitrogen and oxygen atoms in total. The molecule has 1 aromatic heterocycles. The minimum absolute atomic E-state index is 0.150. The van der Waals surface area contributed by atoms with Gasteiger partial charge in [0.1, 0.15) is 5.82 Å². The first-order chi connectivity index (χ1) is 14.9. The highest BCUT2D eigenvalue weighted by Crippen LogP contribution is 2.30. The van der Waals surface area contributed by atoms with Crippen LogP contribution < -0.4 is 15.1 Å². The van der Waals surface area contributed by atoms with Crippen molar-refractivity contribution in [1.29, 1.82) is 0 Å². The fourth-order valence-electron chi connectivity index (χ4n) is 3.77. The van der Waals surface area contributed by atoms with E-state index in [1.807, 2.05) is 19.2 Å². The summed E-state index contributed by atoms with van der Waals surface area (Å²) in [5.41, 5.74) is 2.72. The van der Waals surface area contributed by atoms with Gasteiger partial charge in [-0.15, -0.1) is 0 Å². The van der Waals surface area contributed by atoms with Crippen LogP contribution in [-0.2, 0) is 17.7 Å². The van der Waals surface area contributed by atoms with Crippen molar-refractivity contribution in [2.24, 2.45) is 0 Å². The van der Waals surface area contributed by atoms with E-state index in [-0.39, 0.29) is 12.1 Å². The topological polar surface area (TPSA) is 73.8 Å². The third-order valence-corrected chi connectivity index (χ3v) is 6.03. The fourth-order valence-corrected chi connectivity index (χ4v) is 3.96. The molecule has 2 aromatic rings. The molecular weight excluding hydrogens is 416 g/mol. The lowest BCUT2D eigenvalue weighted by molar-refractivity contribution is 0.122. The average Bonchev–Trinajstić information content (AvgIpc) is 2.78. The fraction of sp³-hybridized carbons (Fsp3) is 0.500. The number of carbonyl (C=O) groups is 1. The molecule has 9 heteroatoms. The van der Waals surface area contributed by atoms with Crippen molar-refractivity contribution in [3.63, 3.8) is 0 Å². The van der Waals surface area contributed by atoms with Crippen LogP contribution >= 0.6 is 11.6 Å². The summed E-state index contributed by atoms with van der Waals surface area (Å²) in [6.45, 7) is 8.29. The monoisotopic (exact) mass is 444 g/mol. The molecule has 0 saturated carbocycles. The minimum atomic E-state index is -0.150. The Hall–Kier alpha value is -2.58. The van der Waals surface area contributed by atoms with Crippen LogP contribution in [0.1, 0.15) is 25.1 Å². The normalized spacial score (nSPS) is 16.3. The van der Waals surface area contributed by atoms with E-state index in [1.165, 1.54) is 0 Å². The Morgan fingerprint density at radius 2 is 2.00 bits per heavy atom. The maximum absolute atomic E-state index is 12.9. The van der Waals surface area contributed by atoms with Gasteiger partial charge in [0.15, 0.2) is 0 Å². The van der Waals surface area contributed by atoms with Crippen LogP contribution in [0.4, 0.5) is 22.2 Å². The highest BCUT2D eigenvalue weighted by Gasteiger charge is 2.29. The molecule has 2 amide bonds. The van der Waals surface area contributed by atoms with E-state index < -0.39 is 0 Å². The molecule has 0 radical (unpaired) electrons. The second kappa shape index (κ2) is 9.28. The van der Waals surface area contributed by atoms with Crippen molar-refractivity contribution >= 4 is 35.1 Å². The van der Waals surface area contributed by atoms with Gasteiger partial charge in [0.2, 0.25) is 5.95 Å². The van der Waals surface area contributed by atoms with E-state index in [2.05, 4.69) is 29.0 Å². The summed E-state index contributed by atoms with van der Waals surface area (Å²) in [5, 5.41) is 3.53. The van der Waals surface area contributed by atoms with Gasteiger partial charge in [-0.05, 0) is 32.0 Å². The first-order valence-corrected chi connectivity index (χ1v) is 11.1. The zero-order valence-electron chi connectivity index (χ0n) is 18.3. The van der Waals surface area contributed by atoms with Crippen molar-refractivity contribution in [3.8, 4) is 0 Å². The quantitative estimate of drug-likeness (QED) is 0.779. The van der Waals surface area contributed by atoms with Gasteiger partial charge < -0.3 is 24.8 Å². The molecule has 31 heavy (non-hydrogen) atoms. The van der Waals surface area contributed by atoms with Crippen molar-refractivity contribution in [3.05, 3.63) is 40.5 Å². The van der Waals surface area contributed by atoms with Crippen LogP contribution in [0.2, 0.25) is 5.02 Å². The summed E-state index contributed by atoms with van der Waals surface area (Å²) in [7, 11) is 2.04. The van der Waals surface area contributed by atoms with Crippen LogP contribution in [0.15, 0.2) is 24.3 Å². The number of morpholine rings is 1. The second-order valence-corrected chi connectivity index (χ2v) is 8.63. The number of rotatable bonds is 4. The molecule has 3 heterocycles. The van der Waals surface area contributed by atoms with Crippen LogP contribution in [0.5, 0.6) is 0 Å². The second-order valence-electron chi connectivity index (χ2n) is 8.19. The van der Waals surface area contributed by atoms with Crippen LogP contribution in [0.25, 0.3) is 0 Å². The summed E-state index contributed by atoms with van der Waals surface area (Å²) in [5.74, 6) is 1.64. The van der Waals surface area contributed by atoms with Crippen LogP contribution in [-0.4, -0.2) is 66.8 Å². The van der Waals surface area contributed by atoms with Gasteiger partial charge in [-0.25, -0.2) is 9.78 Å². The largest absolute Gasteiger partial charge is 0.378 e. The van der Waals surface area contributed by atoms with Gasteiger partial charge in [0, 0.05) is 55.4 Å². The molecule has 0 aliphatic carbocycles. The molecule has 1 saturated heterocycles. The number of amides is 2. The molecule has 166 valence electrons. The van der Waals surface area contributed by atoms with Crippen LogP contribution in [0.3, 0.4) is 0 Å². The SMILES string of the molecule is CC(C)N(C)c1nc(N2CCOCC2)nc2c1CN(C(=O)Nc1cccc(Cl)c1)CC2. The Morgan fingerprint density at radius 3 is 2.71 bits per heavy atom. The maximum atomic E-state index is 12.9. The van der Waals surface area contributed by atoms with Crippen molar-refractivity contribution < 1.29 is 9.53 Å². The van der Waals surface area contributed by atoms with Crippen LogP contribution in [0, 0.1) is 0 Å². The molecule has 1 fully saturated rings. The zero-order valence-corrected chi connectivity index (χ0v) is 19.0. The first kappa shape index (κ1) is 21.6. The number of hydrogen-bond donors (Lipinski definition) is 1. The van der Waals surface area contributed by atoms with E-state index in [1.54, 1.807) is 17.0 Å². The Balaban J connectivity index is 1.60. The number of aromatic nitrogens is 2. The lowest BCUT2D eigenvalue weighted by Crippen LogP contribution is -2.42. The maximum Gasteiger partial charge on any atom is 0.322 e. The van der Waals surface area contributed by atoms with E-state index in [0.29, 0.717) is 43.4 Å². The van der Waals surface area contributed by atoms with E-state index in [0.717, 1.165) is 36.1 Å². The van der Waals surface area contributed by atoms with E-state index >= 15 is 0 Å². The Bertz CT molecular complexity index is 948. The summed E-state index contributed by atoms with van der Waals surface area (Å²) in [4.78, 5) is 28.9. The summed E-state index contributed by atoms with van der Waals surface area (Å²) in [6, 6.07) is 7.30. The Morgan fingerprint density at radius 1 is 1.23 bits per heavy atom. The molecule has 0 spiro atoms. The number of nitrogens with zero attached hydrogens (tertiary/aromatic N) is 5. The summed E-state index contributed by atoms with van der Waals surface area (Å²) < 4.78 is 5.48. The van der Waals surface area contributed by atoms with Crippen molar-refractivity contribution in [1.82, 2.24) is 14.9 Å². The predicted molar refractivity (Wildman–Crippen MR) is 123 cm³/mol. The highest BCUT2D eigenvalue weighted by atomic mass is 35.5.